The van der Waals surface area contributed by atoms with Crippen molar-refractivity contribution in [3.8, 4) is 5.75 Å². The maximum absolute atomic E-state index is 12.1. The lowest BCUT2D eigenvalue weighted by Gasteiger charge is -2.08. The highest BCUT2D eigenvalue weighted by molar-refractivity contribution is 9.10. The van der Waals surface area contributed by atoms with Gasteiger partial charge in [-0.25, -0.2) is 0 Å². The third-order valence-corrected chi connectivity index (χ3v) is 3.20. The Balaban J connectivity index is 2.33. The molecule has 0 aliphatic carbocycles. The van der Waals surface area contributed by atoms with E-state index in [0.717, 1.165) is 0 Å². The topological polar surface area (TPSA) is 93.2 Å². The van der Waals surface area contributed by atoms with Crippen LogP contribution in [0.2, 0.25) is 0 Å². The van der Waals surface area contributed by atoms with E-state index in [-0.39, 0.29) is 11.3 Å². The van der Waals surface area contributed by atoms with E-state index in [1.165, 1.54) is 16.8 Å². The first-order valence-corrected chi connectivity index (χ1v) is 6.28. The highest BCUT2D eigenvalue weighted by Crippen LogP contribution is 2.25. The molecule has 0 unspecified atom stereocenters. The third-order valence-electron chi connectivity index (χ3n) is 2.70. The molecular weight excluding hydrogens is 312 g/mol. The molecule has 1 aromatic carbocycles. The predicted molar refractivity (Wildman–Crippen MR) is 76.1 cm³/mol. The number of amides is 1. The molecule has 2 aromatic rings. The van der Waals surface area contributed by atoms with Crippen molar-refractivity contribution in [2.24, 2.45) is 7.05 Å². The van der Waals surface area contributed by atoms with Gasteiger partial charge in [0.25, 0.3) is 5.91 Å². The van der Waals surface area contributed by atoms with Crippen molar-refractivity contribution in [2.45, 2.75) is 6.92 Å². The number of hydrogen-bond acceptors (Lipinski definition) is 4. The van der Waals surface area contributed by atoms with E-state index < -0.39 is 5.91 Å². The molecule has 0 bridgehead atoms. The number of anilines is 2. The molecule has 100 valence electrons. The van der Waals surface area contributed by atoms with Crippen LogP contribution in [-0.4, -0.2) is 20.8 Å². The Kier molecular flexibility index (Phi) is 3.48. The molecule has 1 heterocycles. The molecule has 6 nitrogen and oxygen atoms in total. The number of aromatic nitrogens is 2. The first-order chi connectivity index (χ1) is 8.90. The van der Waals surface area contributed by atoms with Gasteiger partial charge >= 0.3 is 0 Å². The SMILES string of the molecule is Cc1nn(C)c(NC(=O)c2cc(Br)ccc2O)c1N. The van der Waals surface area contributed by atoms with Crippen LogP contribution < -0.4 is 11.1 Å². The van der Waals surface area contributed by atoms with Crippen LogP contribution in [0.5, 0.6) is 5.75 Å². The summed E-state index contributed by atoms with van der Waals surface area (Å²) in [4.78, 5) is 12.1. The zero-order valence-corrected chi connectivity index (χ0v) is 12.0. The number of benzene rings is 1. The number of phenolic OH excluding ortho intramolecular Hbond substituents is 1. The van der Waals surface area contributed by atoms with Crippen molar-refractivity contribution in [1.82, 2.24) is 9.78 Å². The van der Waals surface area contributed by atoms with Gasteiger partial charge in [0.15, 0.2) is 5.82 Å². The summed E-state index contributed by atoms with van der Waals surface area (Å²) in [5.41, 5.74) is 7.03. The van der Waals surface area contributed by atoms with Gasteiger partial charge in [-0.2, -0.15) is 5.10 Å². The van der Waals surface area contributed by atoms with Crippen molar-refractivity contribution in [2.75, 3.05) is 11.1 Å². The third kappa shape index (κ3) is 2.55. The molecule has 1 amide bonds. The highest BCUT2D eigenvalue weighted by Gasteiger charge is 2.16. The van der Waals surface area contributed by atoms with Gasteiger partial charge in [-0.3, -0.25) is 9.48 Å². The molecule has 0 spiro atoms. The van der Waals surface area contributed by atoms with E-state index in [1.807, 2.05) is 0 Å². The minimum atomic E-state index is -0.450. The Morgan fingerprint density at radius 3 is 2.79 bits per heavy atom. The number of nitrogen functional groups attached to an aromatic ring is 1. The van der Waals surface area contributed by atoms with Gasteiger partial charge in [0.1, 0.15) is 5.75 Å². The van der Waals surface area contributed by atoms with Gasteiger partial charge in [0, 0.05) is 11.5 Å². The highest BCUT2D eigenvalue weighted by atomic mass is 79.9. The first kappa shape index (κ1) is 13.4. The van der Waals surface area contributed by atoms with Crippen LogP contribution in [0.1, 0.15) is 16.1 Å². The number of phenols is 1. The zero-order chi connectivity index (χ0) is 14.2. The Hall–Kier alpha value is -2.02. The predicted octanol–water partition coefficient (Wildman–Crippen LogP) is 2.03. The molecule has 0 atom stereocenters. The monoisotopic (exact) mass is 324 g/mol. The molecule has 4 N–H and O–H groups in total. The first-order valence-electron chi connectivity index (χ1n) is 5.49. The quantitative estimate of drug-likeness (QED) is 0.788. The van der Waals surface area contributed by atoms with Crippen molar-refractivity contribution >= 4 is 33.3 Å². The number of nitrogens with zero attached hydrogens (tertiary/aromatic N) is 2. The lowest BCUT2D eigenvalue weighted by Crippen LogP contribution is -2.15. The van der Waals surface area contributed by atoms with Crippen molar-refractivity contribution in [1.29, 1.82) is 0 Å². The Bertz CT molecular complexity index is 651. The van der Waals surface area contributed by atoms with Crippen LogP contribution in [0, 0.1) is 6.92 Å². The zero-order valence-electron chi connectivity index (χ0n) is 10.4. The number of carbonyl (C=O) groups is 1. The van der Waals surface area contributed by atoms with Crippen LogP contribution in [-0.2, 0) is 7.05 Å². The van der Waals surface area contributed by atoms with E-state index >= 15 is 0 Å². The Morgan fingerprint density at radius 1 is 1.53 bits per heavy atom. The number of halogens is 1. The molecule has 0 aliphatic heterocycles. The summed E-state index contributed by atoms with van der Waals surface area (Å²) >= 11 is 3.25. The van der Waals surface area contributed by atoms with Crippen LogP contribution in [0.4, 0.5) is 11.5 Å². The van der Waals surface area contributed by atoms with Gasteiger partial charge in [-0.1, -0.05) is 15.9 Å². The molecule has 1 aromatic heterocycles. The van der Waals surface area contributed by atoms with Gasteiger partial charge in [-0.15, -0.1) is 0 Å². The fourth-order valence-corrected chi connectivity index (χ4v) is 2.05. The smallest absolute Gasteiger partial charge is 0.260 e. The molecule has 0 saturated carbocycles. The molecular formula is C12H13BrN4O2. The normalized spacial score (nSPS) is 10.5. The molecule has 0 saturated heterocycles. The number of aryl methyl sites for hydroxylation is 2. The van der Waals surface area contributed by atoms with Crippen LogP contribution >= 0.6 is 15.9 Å². The summed E-state index contributed by atoms with van der Waals surface area (Å²) in [5, 5.41) is 16.4. The average molecular weight is 325 g/mol. The molecule has 0 fully saturated rings. The second-order valence-corrected chi connectivity index (χ2v) is 5.00. The molecule has 0 aliphatic rings. The Morgan fingerprint density at radius 2 is 2.21 bits per heavy atom. The van der Waals surface area contributed by atoms with E-state index in [4.69, 9.17) is 5.73 Å². The van der Waals surface area contributed by atoms with Crippen LogP contribution in [0.15, 0.2) is 22.7 Å². The van der Waals surface area contributed by atoms with Gasteiger partial charge in [0.05, 0.1) is 16.9 Å². The number of hydrogen-bond donors (Lipinski definition) is 3. The fraction of sp³-hybridized carbons (Fsp3) is 0.167. The molecule has 2 rings (SSSR count). The van der Waals surface area contributed by atoms with Gasteiger partial charge in [-0.05, 0) is 25.1 Å². The standard InChI is InChI=1S/C12H13BrN4O2/c1-6-10(14)11(17(2)16-6)15-12(19)8-5-7(13)3-4-9(8)18/h3-5,18H,14H2,1-2H3,(H,15,19). The largest absolute Gasteiger partial charge is 0.507 e. The van der Waals surface area contributed by atoms with Gasteiger partial charge in [0.2, 0.25) is 0 Å². The van der Waals surface area contributed by atoms with E-state index in [1.54, 1.807) is 20.0 Å². The van der Waals surface area contributed by atoms with E-state index in [0.29, 0.717) is 21.7 Å². The van der Waals surface area contributed by atoms with E-state index in [2.05, 4.69) is 26.3 Å². The minimum absolute atomic E-state index is 0.0989. The van der Waals surface area contributed by atoms with Crippen molar-refractivity contribution in [3.63, 3.8) is 0 Å². The second-order valence-electron chi connectivity index (χ2n) is 4.09. The summed E-state index contributed by atoms with van der Waals surface area (Å²) in [6, 6.07) is 4.62. The maximum Gasteiger partial charge on any atom is 0.260 e. The Labute approximate surface area is 118 Å². The number of nitrogens with two attached hydrogens (primary N) is 1. The number of rotatable bonds is 2. The van der Waals surface area contributed by atoms with Gasteiger partial charge < -0.3 is 16.2 Å². The average Bonchev–Trinajstić information content (AvgIpc) is 2.59. The van der Waals surface area contributed by atoms with Crippen LogP contribution in [0.3, 0.4) is 0 Å². The summed E-state index contributed by atoms with van der Waals surface area (Å²) in [5.74, 6) is -0.145. The summed E-state index contributed by atoms with van der Waals surface area (Å²) in [6.07, 6.45) is 0. The van der Waals surface area contributed by atoms with Crippen LogP contribution in [0.25, 0.3) is 0 Å². The lowest BCUT2D eigenvalue weighted by molar-refractivity contribution is 0.102. The van der Waals surface area contributed by atoms with Crippen molar-refractivity contribution < 1.29 is 9.90 Å². The molecule has 7 heteroatoms. The molecule has 19 heavy (non-hydrogen) atoms. The second kappa shape index (κ2) is 4.93. The summed E-state index contributed by atoms with van der Waals surface area (Å²) in [7, 11) is 1.68. The van der Waals surface area contributed by atoms with E-state index in [9.17, 15) is 9.90 Å². The number of carbonyl (C=O) groups excluding carboxylic acids is 1. The lowest BCUT2D eigenvalue weighted by atomic mass is 10.2. The molecule has 0 radical (unpaired) electrons. The maximum atomic E-state index is 12.1. The number of aromatic hydroxyl groups is 1. The minimum Gasteiger partial charge on any atom is -0.507 e. The van der Waals surface area contributed by atoms with Crippen molar-refractivity contribution in [3.05, 3.63) is 33.9 Å². The summed E-state index contributed by atoms with van der Waals surface area (Å²) in [6.45, 7) is 1.75. The fourth-order valence-electron chi connectivity index (χ4n) is 1.69. The summed E-state index contributed by atoms with van der Waals surface area (Å²) < 4.78 is 2.18. The number of nitrogens with one attached hydrogen (secondary N) is 1.